The van der Waals surface area contributed by atoms with E-state index >= 15 is 0 Å². The third-order valence-electron chi connectivity index (χ3n) is 6.50. The van der Waals surface area contributed by atoms with Crippen molar-refractivity contribution >= 4 is 11.4 Å². The summed E-state index contributed by atoms with van der Waals surface area (Å²) in [7, 11) is 0. The second-order valence-corrected chi connectivity index (χ2v) is 8.46. The Balaban J connectivity index is 1.41. The number of aliphatic hydroxyl groups excluding tert-OH is 1. The van der Waals surface area contributed by atoms with Gasteiger partial charge in [0.2, 0.25) is 0 Å². The average molecular weight is 422 g/mol. The molecule has 7 heteroatoms. The quantitative estimate of drug-likeness (QED) is 0.432. The number of piperidine rings is 1. The molecule has 6 rings (SSSR count). The number of hydrogen-bond donors (Lipinski definition) is 1. The summed E-state index contributed by atoms with van der Waals surface area (Å²) in [6, 6.07) is 16.4. The molecule has 0 unspecified atom stereocenters. The second kappa shape index (κ2) is 7.36. The first-order valence-corrected chi connectivity index (χ1v) is 10.8. The van der Waals surface area contributed by atoms with Gasteiger partial charge in [0.15, 0.2) is 11.5 Å². The Hall–Kier alpha value is -3.89. The summed E-state index contributed by atoms with van der Waals surface area (Å²) in [6.07, 6.45) is 5.36. The molecule has 2 aromatic heterocycles. The van der Waals surface area contributed by atoms with Gasteiger partial charge in [-0.3, -0.25) is 4.57 Å². The minimum atomic E-state index is -0.184. The van der Waals surface area contributed by atoms with Crippen molar-refractivity contribution < 1.29 is 5.11 Å². The van der Waals surface area contributed by atoms with Crippen molar-refractivity contribution in [2.24, 2.45) is 0 Å². The number of aliphatic hydroxyl groups is 1. The van der Waals surface area contributed by atoms with Crippen LogP contribution in [0.25, 0.3) is 33.2 Å². The van der Waals surface area contributed by atoms with E-state index in [-0.39, 0.29) is 6.10 Å². The Bertz CT molecular complexity index is 1340. The Kier molecular flexibility index (Phi) is 4.33. The topological polar surface area (TPSA) is 63.5 Å². The minimum Gasteiger partial charge on any atom is -0.393 e. The molecule has 0 atom stereocenters. The van der Waals surface area contributed by atoms with Crippen molar-refractivity contribution in [3.05, 3.63) is 78.0 Å². The molecule has 0 aliphatic carbocycles. The summed E-state index contributed by atoms with van der Waals surface area (Å²) in [5.74, 6) is 0.821. The van der Waals surface area contributed by atoms with Crippen LogP contribution in [0.5, 0.6) is 0 Å². The van der Waals surface area contributed by atoms with Crippen molar-refractivity contribution in [1.29, 1.82) is 0 Å². The van der Waals surface area contributed by atoms with Crippen LogP contribution in [0.15, 0.2) is 61.1 Å². The predicted molar refractivity (Wildman–Crippen MR) is 123 cm³/mol. The molecule has 1 N–H and O–H groups in total. The lowest BCUT2D eigenvalue weighted by atomic mass is 10.1. The Morgan fingerprint density at radius 2 is 1.81 bits per heavy atom. The van der Waals surface area contributed by atoms with Crippen LogP contribution in [0.3, 0.4) is 0 Å². The van der Waals surface area contributed by atoms with E-state index in [1.807, 2.05) is 24.3 Å². The standard InChI is InChI=1S/C25H22N6O/c1-26-20-4-2-17(3-5-20)18-13-24-25-28-27-16-31(25)23-7-6-21(12-19(23)15-30(24)14-18)29-10-8-22(32)9-11-29/h2-7,12-14,16,22,32H,8-11,15H2. The molecular formula is C25H22N6O. The highest BCUT2D eigenvalue weighted by atomic mass is 16.3. The SMILES string of the molecule is [C-]#[N+]c1ccc(-c2cc3n(c2)Cc2cc(N4CCC(O)CC4)ccc2-n2cnnc2-3)cc1. The van der Waals surface area contributed by atoms with Gasteiger partial charge in [0, 0.05) is 37.1 Å². The first-order valence-electron chi connectivity index (χ1n) is 10.8. The molecule has 4 heterocycles. The van der Waals surface area contributed by atoms with Crippen molar-refractivity contribution in [1.82, 2.24) is 19.3 Å². The van der Waals surface area contributed by atoms with Gasteiger partial charge in [0.25, 0.3) is 0 Å². The van der Waals surface area contributed by atoms with E-state index in [0.29, 0.717) is 5.69 Å². The lowest BCUT2D eigenvalue weighted by Crippen LogP contribution is -2.35. The van der Waals surface area contributed by atoms with Gasteiger partial charge in [-0.05, 0) is 48.2 Å². The Morgan fingerprint density at radius 1 is 1.00 bits per heavy atom. The molecule has 4 aromatic rings. The van der Waals surface area contributed by atoms with Crippen molar-refractivity contribution in [2.75, 3.05) is 18.0 Å². The molecule has 0 radical (unpaired) electrons. The average Bonchev–Trinajstić information content (AvgIpc) is 3.45. The molecule has 0 bridgehead atoms. The first-order chi connectivity index (χ1) is 15.7. The first kappa shape index (κ1) is 18.8. The molecule has 2 aliphatic rings. The third-order valence-corrected chi connectivity index (χ3v) is 6.50. The monoisotopic (exact) mass is 422 g/mol. The zero-order valence-corrected chi connectivity index (χ0v) is 17.5. The molecular weight excluding hydrogens is 400 g/mol. The van der Waals surface area contributed by atoms with E-state index in [4.69, 9.17) is 6.57 Å². The van der Waals surface area contributed by atoms with Crippen LogP contribution < -0.4 is 4.90 Å². The zero-order valence-electron chi connectivity index (χ0n) is 17.5. The maximum Gasteiger partial charge on any atom is 0.187 e. The number of anilines is 1. The van der Waals surface area contributed by atoms with E-state index in [2.05, 4.69) is 59.5 Å². The molecule has 7 nitrogen and oxygen atoms in total. The summed E-state index contributed by atoms with van der Waals surface area (Å²) >= 11 is 0. The van der Waals surface area contributed by atoms with Gasteiger partial charge in [-0.25, -0.2) is 4.85 Å². The number of nitrogens with zero attached hydrogens (tertiary/aromatic N) is 6. The molecule has 1 fully saturated rings. The van der Waals surface area contributed by atoms with Gasteiger partial charge < -0.3 is 14.6 Å². The molecule has 0 spiro atoms. The summed E-state index contributed by atoms with van der Waals surface area (Å²) in [5.41, 5.74) is 7.32. The largest absolute Gasteiger partial charge is 0.393 e. The number of benzene rings is 2. The number of rotatable bonds is 2. The summed E-state index contributed by atoms with van der Waals surface area (Å²) < 4.78 is 4.29. The third kappa shape index (κ3) is 3.08. The minimum absolute atomic E-state index is 0.184. The normalized spacial score (nSPS) is 15.4. The van der Waals surface area contributed by atoms with E-state index in [1.54, 1.807) is 6.33 Å². The van der Waals surface area contributed by atoms with Crippen LogP contribution in [0, 0.1) is 6.57 Å². The summed E-state index contributed by atoms with van der Waals surface area (Å²) in [5, 5.41) is 18.5. The molecule has 32 heavy (non-hydrogen) atoms. The maximum atomic E-state index is 9.86. The molecule has 0 saturated carbocycles. The summed E-state index contributed by atoms with van der Waals surface area (Å²) in [6.45, 7) is 9.65. The fraction of sp³-hybridized carbons (Fsp3) is 0.240. The van der Waals surface area contributed by atoms with Crippen molar-refractivity contribution in [2.45, 2.75) is 25.5 Å². The molecule has 2 aromatic carbocycles. The number of hydrogen-bond acceptors (Lipinski definition) is 4. The number of fused-ring (bicyclic) bond motifs is 5. The molecule has 158 valence electrons. The van der Waals surface area contributed by atoms with Crippen molar-refractivity contribution in [3.63, 3.8) is 0 Å². The Morgan fingerprint density at radius 3 is 2.59 bits per heavy atom. The van der Waals surface area contributed by atoms with Gasteiger partial charge >= 0.3 is 0 Å². The van der Waals surface area contributed by atoms with Crippen LogP contribution in [-0.4, -0.2) is 43.6 Å². The van der Waals surface area contributed by atoms with Gasteiger partial charge in [-0.15, -0.1) is 10.2 Å². The Labute approximate surface area is 186 Å². The smallest absolute Gasteiger partial charge is 0.187 e. The lowest BCUT2D eigenvalue weighted by molar-refractivity contribution is 0.145. The molecule has 1 saturated heterocycles. The van der Waals surface area contributed by atoms with Crippen molar-refractivity contribution in [3.8, 4) is 28.3 Å². The lowest BCUT2D eigenvalue weighted by Gasteiger charge is -2.32. The molecule has 2 aliphatic heterocycles. The van der Waals surface area contributed by atoms with E-state index in [9.17, 15) is 5.11 Å². The maximum absolute atomic E-state index is 9.86. The fourth-order valence-electron chi connectivity index (χ4n) is 4.74. The predicted octanol–water partition coefficient (Wildman–Crippen LogP) is 4.28. The molecule has 0 amide bonds. The highest BCUT2D eigenvalue weighted by Crippen LogP contribution is 2.35. The van der Waals surface area contributed by atoms with Gasteiger partial charge in [-0.1, -0.05) is 24.3 Å². The van der Waals surface area contributed by atoms with Gasteiger partial charge in [0.05, 0.1) is 24.1 Å². The van der Waals surface area contributed by atoms with Gasteiger partial charge in [0.1, 0.15) is 6.33 Å². The van der Waals surface area contributed by atoms with Crippen LogP contribution in [0.4, 0.5) is 11.4 Å². The van der Waals surface area contributed by atoms with Crippen LogP contribution >= 0.6 is 0 Å². The van der Waals surface area contributed by atoms with Crippen LogP contribution in [-0.2, 0) is 6.54 Å². The zero-order chi connectivity index (χ0) is 21.7. The van der Waals surface area contributed by atoms with E-state index < -0.39 is 0 Å². The highest BCUT2D eigenvalue weighted by Gasteiger charge is 2.24. The van der Waals surface area contributed by atoms with Crippen LogP contribution in [0.1, 0.15) is 18.4 Å². The van der Waals surface area contributed by atoms with E-state index in [0.717, 1.165) is 60.8 Å². The highest BCUT2D eigenvalue weighted by molar-refractivity contribution is 5.73. The fourth-order valence-corrected chi connectivity index (χ4v) is 4.74. The second-order valence-electron chi connectivity index (χ2n) is 8.46. The summed E-state index contributed by atoms with van der Waals surface area (Å²) in [4.78, 5) is 5.84. The van der Waals surface area contributed by atoms with Crippen LogP contribution in [0.2, 0.25) is 0 Å². The number of aromatic nitrogens is 4. The van der Waals surface area contributed by atoms with Gasteiger partial charge in [-0.2, -0.15) is 0 Å². The van der Waals surface area contributed by atoms with E-state index in [1.165, 1.54) is 11.3 Å².